The van der Waals surface area contributed by atoms with Crippen molar-refractivity contribution >= 4 is 17.2 Å². The van der Waals surface area contributed by atoms with Gasteiger partial charge in [-0.25, -0.2) is 0 Å². The molecular formula is C25H20N6O2. The van der Waals surface area contributed by atoms with Crippen molar-refractivity contribution in [1.82, 2.24) is 24.8 Å². The highest BCUT2D eigenvalue weighted by Gasteiger charge is 2.16. The van der Waals surface area contributed by atoms with Gasteiger partial charge in [-0.05, 0) is 55.5 Å². The summed E-state index contributed by atoms with van der Waals surface area (Å²) in [6.45, 7) is 1.72. The van der Waals surface area contributed by atoms with E-state index in [9.17, 15) is 4.79 Å². The Morgan fingerprint density at radius 2 is 1.73 bits per heavy atom. The van der Waals surface area contributed by atoms with Crippen LogP contribution in [0.4, 0.5) is 5.69 Å². The molecule has 1 N–H and O–H groups in total. The van der Waals surface area contributed by atoms with Gasteiger partial charge in [-0.2, -0.15) is 9.61 Å². The zero-order valence-corrected chi connectivity index (χ0v) is 17.8. The first kappa shape index (κ1) is 20.3. The predicted molar refractivity (Wildman–Crippen MR) is 125 cm³/mol. The number of nitrogens with zero attached hydrogens (tertiary/aromatic N) is 5. The SMILES string of the molecule is CC(Oc1ccccc1)C(=O)Nc1cccc(-c2ccc3nnc(-c4ccncc4)n3n2)c1. The lowest BCUT2D eigenvalue weighted by Crippen LogP contribution is -2.30. The van der Waals surface area contributed by atoms with Crippen LogP contribution in [-0.2, 0) is 4.79 Å². The summed E-state index contributed by atoms with van der Waals surface area (Å²) in [5.41, 5.74) is 3.74. The van der Waals surface area contributed by atoms with Crippen LogP contribution in [0.5, 0.6) is 5.75 Å². The minimum atomic E-state index is -0.648. The number of anilines is 1. The number of ether oxygens (including phenoxy) is 1. The molecule has 5 rings (SSSR count). The van der Waals surface area contributed by atoms with E-state index in [0.29, 0.717) is 22.9 Å². The van der Waals surface area contributed by atoms with Gasteiger partial charge in [-0.15, -0.1) is 10.2 Å². The van der Waals surface area contributed by atoms with Gasteiger partial charge in [0, 0.05) is 29.2 Å². The van der Waals surface area contributed by atoms with Crippen LogP contribution in [0.2, 0.25) is 0 Å². The average molecular weight is 436 g/mol. The van der Waals surface area contributed by atoms with Gasteiger partial charge in [-0.3, -0.25) is 9.78 Å². The Morgan fingerprint density at radius 1 is 0.909 bits per heavy atom. The summed E-state index contributed by atoms with van der Waals surface area (Å²) >= 11 is 0. The molecule has 1 unspecified atom stereocenters. The Bertz CT molecular complexity index is 1400. The Kier molecular flexibility index (Phi) is 5.47. The summed E-state index contributed by atoms with van der Waals surface area (Å²) < 4.78 is 7.41. The first-order chi connectivity index (χ1) is 16.2. The van der Waals surface area contributed by atoms with E-state index >= 15 is 0 Å². The van der Waals surface area contributed by atoms with Crippen molar-refractivity contribution in [2.45, 2.75) is 13.0 Å². The molecule has 0 aliphatic rings. The quantitative estimate of drug-likeness (QED) is 0.427. The molecule has 1 amide bonds. The summed E-state index contributed by atoms with van der Waals surface area (Å²) in [6.07, 6.45) is 2.76. The lowest BCUT2D eigenvalue weighted by atomic mass is 10.1. The number of benzene rings is 2. The van der Waals surface area contributed by atoms with Gasteiger partial charge in [0.2, 0.25) is 0 Å². The first-order valence-corrected chi connectivity index (χ1v) is 10.4. The molecule has 0 bridgehead atoms. The van der Waals surface area contributed by atoms with Crippen molar-refractivity contribution in [3.63, 3.8) is 0 Å². The second kappa shape index (κ2) is 8.88. The summed E-state index contributed by atoms with van der Waals surface area (Å²) in [5, 5.41) is 16.1. The molecule has 0 saturated heterocycles. The number of hydrogen-bond donors (Lipinski definition) is 1. The zero-order chi connectivity index (χ0) is 22.6. The van der Waals surface area contributed by atoms with Crippen LogP contribution in [-0.4, -0.2) is 36.8 Å². The Hall–Kier alpha value is -4.59. The van der Waals surface area contributed by atoms with Crippen LogP contribution in [0.1, 0.15) is 6.92 Å². The molecule has 3 aromatic heterocycles. The number of nitrogens with one attached hydrogen (secondary N) is 1. The van der Waals surface area contributed by atoms with Gasteiger partial charge in [0.25, 0.3) is 5.91 Å². The second-order valence-corrected chi connectivity index (χ2v) is 7.39. The van der Waals surface area contributed by atoms with Crippen LogP contribution < -0.4 is 10.1 Å². The standard InChI is InChI=1S/C25H20N6O2/c1-17(33-21-8-3-2-4-9-21)25(32)27-20-7-5-6-19(16-20)22-10-11-23-28-29-24(31(23)30-22)18-12-14-26-15-13-18/h2-17H,1H3,(H,27,32). The number of aromatic nitrogens is 5. The number of fused-ring (bicyclic) bond motifs is 1. The van der Waals surface area contributed by atoms with Gasteiger partial charge in [0.1, 0.15) is 5.75 Å². The van der Waals surface area contributed by atoms with Crippen molar-refractivity contribution in [2.24, 2.45) is 0 Å². The normalized spacial score (nSPS) is 11.8. The maximum Gasteiger partial charge on any atom is 0.265 e. The largest absolute Gasteiger partial charge is 0.481 e. The van der Waals surface area contributed by atoms with Crippen LogP contribution in [0, 0.1) is 0 Å². The number of hydrogen-bond acceptors (Lipinski definition) is 6. The average Bonchev–Trinajstić information content (AvgIpc) is 3.29. The van der Waals surface area contributed by atoms with Gasteiger partial charge in [-0.1, -0.05) is 30.3 Å². The number of rotatable bonds is 6. The molecule has 0 saturated carbocycles. The number of para-hydroxylation sites is 1. The van der Waals surface area contributed by atoms with E-state index in [0.717, 1.165) is 16.8 Å². The minimum Gasteiger partial charge on any atom is -0.481 e. The monoisotopic (exact) mass is 436 g/mol. The molecule has 162 valence electrons. The lowest BCUT2D eigenvalue weighted by molar-refractivity contribution is -0.122. The van der Waals surface area contributed by atoms with E-state index in [1.807, 2.05) is 78.9 Å². The van der Waals surface area contributed by atoms with Crippen LogP contribution in [0.3, 0.4) is 0 Å². The molecule has 0 aliphatic heterocycles. The maximum absolute atomic E-state index is 12.6. The molecule has 0 fully saturated rings. The fourth-order valence-corrected chi connectivity index (χ4v) is 3.38. The van der Waals surface area contributed by atoms with E-state index in [-0.39, 0.29) is 5.91 Å². The molecule has 8 nitrogen and oxygen atoms in total. The number of carbonyl (C=O) groups is 1. The second-order valence-electron chi connectivity index (χ2n) is 7.39. The van der Waals surface area contributed by atoms with Gasteiger partial charge in [0.05, 0.1) is 5.69 Å². The third-order valence-electron chi connectivity index (χ3n) is 5.05. The van der Waals surface area contributed by atoms with Crippen molar-refractivity contribution in [3.05, 3.63) is 91.3 Å². The lowest BCUT2D eigenvalue weighted by Gasteiger charge is -2.15. The van der Waals surface area contributed by atoms with Crippen LogP contribution in [0.25, 0.3) is 28.3 Å². The van der Waals surface area contributed by atoms with Crippen molar-refractivity contribution in [1.29, 1.82) is 0 Å². The summed E-state index contributed by atoms with van der Waals surface area (Å²) in [4.78, 5) is 16.7. The van der Waals surface area contributed by atoms with Crippen LogP contribution >= 0.6 is 0 Å². The highest BCUT2D eigenvalue weighted by Crippen LogP contribution is 2.23. The summed E-state index contributed by atoms with van der Waals surface area (Å²) in [7, 11) is 0. The van der Waals surface area contributed by atoms with E-state index in [1.165, 1.54) is 0 Å². The number of pyridine rings is 1. The molecule has 0 radical (unpaired) electrons. The molecule has 8 heteroatoms. The van der Waals surface area contributed by atoms with Gasteiger partial charge >= 0.3 is 0 Å². The molecule has 33 heavy (non-hydrogen) atoms. The fraction of sp³-hybridized carbons (Fsp3) is 0.0800. The maximum atomic E-state index is 12.6. The van der Waals surface area contributed by atoms with E-state index in [4.69, 9.17) is 9.84 Å². The Balaban J connectivity index is 1.38. The van der Waals surface area contributed by atoms with Gasteiger partial charge in [0.15, 0.2) is 17.6 Å². The van der Waals surface area contributed by atoms with Crippen molar-refractivity contribution in [2.75, 3.05) is 5.32 Å². The number of carbonyl (C=O) groups excluding carboxylic acids is 1. The minimum absolute atomic E-state index is 0.238. The van der Waals surface area contributed by atoms with E-state index in [1.54, 1.807) is 23.8 Å². The molecule has 0 aliphatic carbocycles. The zero-order valence-electron chi connectivity index (χ0n) is 17.8. The summed E-state index contributed by atoms with van der Waals surface area (Å²) in [5.74, 6) is 1.04. The molecule has 5 aromatic rings. The smallest absolute Gasteiger partial charge is 0.265 e. The Labute approximate surface area is 189 Å². The van der Waals surface area contributed by atoms with Crippen LogP contribution in [0.15, 0.2) is 91.3 Å². The topological polar surface area (TPSA) is 94.3 Å². The third-order valence-corrected chi connectivity index (χ3v) is 5.05. The molecule has 1 atom stereocenters. The highest BCUT2D eigenvalue weighted by atomic mass is 16.5. The van der Waals surface area contributed by atoms with E-state index in [2.05, 4.69) is 20.5 Å². The predicted octanol–water partition coefficient (Wildman–Crippen LogP) is 4.26. The van der Waals surface area contributed by atoms with Crippen molar-refractivity contribution < 1.29 is 9.53 Å². The van der Waals surface area contributed by atoms with Gasteiger partial charge < -0.3 is 10.1 Å². The molecular weight excluding hydrogens is 416 g/mol. The Morgan fingerprint density at radius 3 is 2.55 bits per heavy atom. The third kappa shape index (κ3) is 4.40. The molecule has 3 heterocycles. The molecule has 0 spiro atoms. The number of amides is 1. The highest BCUT2D eigenvalue weighted by molar-refractivity contribution is 5.94. The first-order valence-electron chi connectivity index (χ1n) is 10.4. The van der Waals surface area contributed by atoms with E-state index < -0.39 is 6.10 Å². The summed E-state index contributed by atoms with van der Waals surface area (Å²) in [6, 6.07) is 24.2. The fourth-order valence-electron chi connectivity index (χ4n) is 3.38. The van der Waals surface area contributed by atoms with Crippen molar-refractivity contribution in [3.8, 4) is 28.4 Å². The molecule has 2 aromatic carbocycles.